The Hall–Kier alpha value is -1.53. The molecule has 2 rings (SSSR count). The monoisotopic (exact) mass is 254 g/mol. The Kier molecular flexibility index (Phi) is 3.65. The highest BCUT2D eigenvalue weighted by molar-refractivity contribution is 7.03. The molecule has 1 heterocycles. The van der Waals surface area contributed by atoms with Crippen LogP contribution in [-0.4, -0.2) is 21.8 Å². The molecule has 6 heteroatoms. The van der Waals surface area contributed by atoms with E-state index in [0.29, 0.717) is 11.3 Å². The third-order valence-electron chi connectivity index (χ3n) is 2.39. The van der Waals surface area contributed by atoms with Crippen molar-refractivity contribution in [2.24, 2.45) is 0 Å². The van der Waals surface area contributed by atoms with Crippen LogP contribution in [0.2, 0.25) is 0 Å². The molecule has 2 aromatic rings. The maximum atomic E-state index is 13.8. The first-order valence-corrected chi connectivity index (χ1v) is 5.82. The standard InChI is InChI=1S/C11H11FN2O2S/c1-16-10-4-2-3-7(11(10)12)5-9(15)8-6-17-14-13-8/h2-4,6,9,15H,5H2,1H3. The van der Waals surface area contributed by atoms with Crippen LogP contribution in [0.5, 0.6) is 5.75 Å². The van der Waals surface area contributed by atoms with Crippen LogP contribution in [0.1, 0.15) is 17.4 Å². The van der Waals surface area contributed by atoms with Gasteiger partial charge in [-0.2, -0.15) is 0 Å². The summed E-state index contributed by atoms with van der Waals surface area (Å²) in [5, 5.41) is 15.2. The van der Waals surface area contributed by atoms with Crippen LogP contribution in [0.4, 0.5) is 4.39 Å². The average molecular weight is 254 g/mol. The lowest BCUT2D eigenvalue weighted by molar-refractivity contribution is 0.172. The van der Waals surface area contributed by atoms with E-state index in [4.69, 9.17) is 4.74 Å². The van der Waals surface area contributed by atoms with Gasteiger partial charge in [-0.25, -0.2) is 4.39 Å². The molecular formula is C11H11FN2O2S. The van der Waals surface area contributed by atoms with Crippen LogP contribution < -0.4 is 4.74 Å². The molecule has 0 bridgehead atoms. The molecule has 17 heavy (non-hydrogen) atoms. The molecule has 90 valence electrons. The van der Waals surface area contributed by atoms with Crippen LogP contribution in [0.15, 0.2) is 23.6 Å². The van der Waals surface area contributed by atoms with E-state index >= 15 is 0 Å². The molecule has 0 amide bonds. The van der Waals surface area contributed by atoms with Gasteiger partial charge in [-0.15, -0.1) is 5.10 Å². The van der Waals surface area contributed by atoms with Crippen molar-refractivity contribution >= 4 is 11.5 Å². The minimum Gasteiger partial charge on any atom is -0.494 e. The molecule has 1 aromatic heterocycles. The minimum absolute atomic E-state index is 0.147. The zero-order valence-corrected chi connectivity index (χ0v) is 9.95. The van der Waals surface area contributed by atoms with Gasteiger partial charge in [-0.05, 0) is 23.2 Å². The molecule has 0 fully saturated rings. The quantitative estimate of drug-likeness (QED) is 0.906. The normalized spacial score (nSPS) is 12.4. The number of ether oxygens (including phenoxy) is 1. The first-order valence-electron chi connectivity index (χ1n) is 4.98. The predicted molar refractivity (Wildman–Crippen MR) is 61.5 cm³/mol. The van der Waals surface area contributed by atoms with Crippen molar-refractivity contribution in [2.75, 3.05) is 7.11 Å². The van der Waals surface area contributed by atoms with Crippen molar-refractivity contribution in [1.29, 1.82) is 0 Å². The first kappa shape index (κ1) is 11.9. The summed E-state index contributed by atoms with van der Waals surface area (Å²) in [5.41, 5.74) is 0.849. The number of aliphatic hydroxyl groups is 1. The van der Waals surface area contributed by atoms with Gasteiger partial charge < -0.3 is 9.84 Å². The number of hydrogen-bond donors (Lipinski definition) is 1. The summed E-state index contributed by atoms with van der Waals surface area (Å²) in [4.78, 5) is 0. The minimum atomic E-state index is -0.852. The highest BCUT2D eigenvalue weighted by Crippen LogP contribution is 2.24. The predicted octanol–water partition coefficient (Wildman–Crippen LogP) is 1.96. The summed E-state index contributed by atoms with van der Waals surface area (Å²) < 4.78 is 22.3. The molecular weight excluding hydrogens is 243 g/mol. The maximum Gasteiger partial charge on any atom is 0.168 e. The van der Waals surface area contributed by atoms with Gasteiger partial charge in [0.15, 0.2) is 11.6 Å². The second kappa shape index (κ2) is 5.20. The van der Waals surface area contributed by atoms with E-state index < -0.39 is 11.9 Å². The largest absolute Gasteiger partial charge is 0.494 e. The molecule has 0 radical (unpaired) electrons. The summed E-state index contributed by atoms with van der Waals surface area (Å²) in [6, 6.07) is 4.83. The van der Waals surface area contributed by atoms with Crippen molar-refractivity contribution in [2.45, 2.75) is 12.5 Å². The number of nitrogens with zero attached hydrogens (tertiary/aromatic N) is 2. The molecule has 0 aliphatic rings. The van der Waals surface area contributed by atoms with Gasteiger partial charge in [0.2, 0.25) is 0 Å². The number of rotatable bonds is 4. The second-order valence-corrected chi connectivity index (χ2v) is 4.09. The Morgan fingerprint density at radius 3 is 3.00 bits per heavy atom. The lowest BCUT2D eigenvalue weighted by Gasteiger charge is -2.10. The molecule has 1 unspecified atom stereocenters. The van der Waals surface area contributed by atoms with E-state index in [0.717, 1.165) is 11.5 Å². The Morgan fingerprint density at radius 2 is 2.35 bits per heavy atom. The summed E-state index contributed by atoms with van der Waals surface area (Å²) in [5.74, 6) is -0.275. The van der Waals surface area contributed by atoms with Crippen LogP contribution in [0, 0.1) is 5.82 Å². The van der Waals surface area contributed by atoms with Gasteiger partial charge >= 0.3 is 0 Å². The number of methoxy groups -OCH3 is 1. The summed E-state index contributed by atoms with van der Waals surface area (Å²) in [6.07, 6.45) is -0.704. The third kappa shape index (κ3) is 2.59. The van der Waals surface area contributed by atoms with Gasteiger partial charge in [-0.3, -0.25) is 0 Å². The fourth-order valence-corrected chi connectivity index (χ4v) is 2.00. The second-order valence-electron chi connectivity index (χ2n) is 3.48. The fraction of sp³-hybridized carbons (Fsp3) is 0.273. The molecule has 0 aliphatic carbocycles. The number of benzene rings is 1. The van der Waals surface area contributed by atoms with Crippen LogP contribution >= 0.6 is 11.5 Å². The van der Waals surface area contributed by atoms with E-state index in [9.17, 15) is 9.50 Å². The Bertz CT molecular complexity index is 490. The lowest BCUT2D eigenvalue weighted by atomic mass is 10.1. The molecule has 1 aromatic carbocycles. The summed E-state index contributed by atoms with van der Waals surface area (Å²) >= 11 is 1.15. The number of aliphatic hydroxyl groups excluding tert-OH is 1. The molecule has 4 nitrogen and oxygen atoms in total. The molecule has 0 saturated heterocycles. The average Bonchev–Trinajstić information content (AvgIpc) is 2.85. The fourth-order valence-electron chi connectivity index (χ4n) is 1.50. The SMILES string of the molecule is COc1cccc(CC(O)c2csnn2)c1F. The van der Waals surface area contributed by atoms with Crippen molar-refractivity contribution in [3.63, 3.8) is 0 Å². The topological polar surface area (TPSA) is 55.2 Å². The first-order chi connectivity index (χ1) is 8.22. The maximum absolute atomic E-state index is 13.8. The summed E-state index contributed by atoms with van der Waals surface area (Å²) in [7, 11) is 1.41. The van der Waals surface area contributed by atoms with Crippen molar-refractivity contribution < 1.29 is 14.2 Å². The Morgan fingerprint density at radius 1 is 1.53 bits per heavy atom. The molecule has 0 saturated carbocycles. The lowest BCUT2D eigenvalue weighted by Crippen LogP contribution is -2.05. The Labute approximate surface area is 102 Å². The van der Waals surface area contributed by atoms with E-state index in [-0.39, 0.29) is 12.2 Å². The highest BCUT2D eigenvalue weighted by atomic mass is 32.1. The summed E-state index contributed by atoms with van der Waals surface area (Å²) in [6.45, 7) is 0. The van der Waals surface area contributed by atoms with Gasteiger partial charge in [0.1, 0.15) is 11.8 Å². The number of hydrogen-bond acceptors (Lipinski definition) is 5. The van der Waals surface area contributed by atoms with Crippen LogP contribution in [0.3, 0.4) is 0 Å². The van der Waals surface area contributed by atoms with E-state index in [1.807, 2.05) is 0 Å². The Balaban J connectivity index is 2.19. The van der Waals surface area contributed by atoms with Gasteiger partial charge in [0.05, 0.1) is 7.11 Å². The van der Waals surface area contributed by atoms with Crippen LogP contribution in [-0.2, 0) is 6.42 Å². The van der Waals surface area contributed by atoms with E-state index in [1.54, 1.807) is 17.5 Å². The van der Waals surface area contributed by atoms with E-state index in [2.05, 4.69) is 9.59 Å². The zero-order valence-electron chi connectivity index (χ0n) is 9.13. The highest BCUT2D eigenvalue weighted by Gasteiger charge is 2.16. The van der Waals surface area contributed by atoms with Crippen molar-refractivity contribution in [3.8, 4) is 5.75 Å². The third-order valence-corrected chi connectivity index (χ3v) is 2.92. The molecule has 1 atom stereocenters. The van der Waals surface area contributed by atoms with Gasteiger partial charge in [0, 0.05) is 11.8 Å². The van der Waals surface area contributed by atoms with Gasteiger partial charge in [-0.1, -0.05) is 16.6 Å². The zero-order chi connectivity index (χ0) is 12.3. The molecule has 0 spiro atoms. The van der Waals surface area contributed by atoms with Crippen molar-refractivity contribution in [3.05, 3.63) is 40.7 Å². The molecule has 0 aliphatic heterocycles. The van der Waals surface area contributed by atoms with Crippen molar-refractivity contribution in [1.82, 2.24) is 9.59 Å². The molecule has 1 N–H and O–H groups in total. The van der Waals surface area contributed by atoms with Gasteiger partial charge in [0.25, 0.3) is 0 Å². The number of aromatic nitrogens is 2. The van der Waals surface area contributed by atoms with Crippen LogP contribution in [0.25, 0.3) is 0 Å². The van der Waals surface area contributed by atoms with E-state index in [1.165, 1.54) is 13.2 Å². The number of halogens is 1. The smallest absolute Gasteiger partial charge is 0.168 e.